The summed E-state index contributed by atoms with van der Waals surface area (Å²) >= 11 is 1.57. The third-order valence-corrected chi connectivity index (χ3v) is 2.55. The lowest BCUT2D eigenvalue weighted by Gasteiger charge is -2.09. The van der Waals surface area contributed by atoms with Crippen LogP contribution in [0.5, 0.6) is 11.5 Å². The van der Waals surface area contributed by atoms with Crippen molar-refractivity contribution in [1.29, 1.82) is 0 Å². The van der Waals surface area contributed by atoms with E-state index in [4.69, 9.17) is 9.47 Å². The van der Waals surface area contributed by atoms with E-state index in [2.05, 4.69) is 0 Å². The molecule has 0 radical (unpaired) electrons. The van der Waals surface area contributed by atoms with Crippen molar-refractivity contribution >= 4 is 22.6 Å². The van der Waals surface area contributed by atoms with Crippen molar-refractivity contribution in [3.05, 3.63) is 21.3 Å². The zero-order chi connectivity index (χ0) is 10.7. The number of rotatable bonds is 3. The second-order valence-corrected chi connectivity index (χ2v) is 3.53. The van der Waals surface area contributed by atoms with Crippen molar-refractivity contribution in [3.8, 4) is 11.5 Å². The molecule has 0 bridgehead atoms. The molecule has 1 rings (SSSR count). The maximum absolute atomic E-state index is 13.3. The summed E-state index contributed by atoms with van der Waals surface area (Å²) in [5.41, 5.74) is 0. The predicted octanol–water partition coefficient (Wildman–Crippen LogP) is 2.98. The van der Waals surface area contributed by atoms with Gasteiger partial charge in [-0.3, -0.25) is 0 Å². The van der Waals surface area contributed by atoms with E-state index in [1.807, 2.05) is 0 Å². The molecule has 0 atom stereocenters. The monoisotopic (exact) mass is 314 g/mol. The van der Waals surface area contributed by atoms with Gasteiger partial charge in [-0.15, -0.1) is 0 Å². The van der Waals surface area contributed by atoms with Crippen molar-refractivity contribution in [2.75, 3.05) is 13.7 Å². The van der Waals surface area contributed by atoms with Gasteiger partial charge in [-0.2, -0.15) is 0 Å². The summed E-state index contributed by atoms with van der Waals surface area (Å²) in [4.78, 5) is 0. The van der Waals surface area contributed by atoms with Gasteiger partial charge < -0.3 is 9.47 Å². The van der Waals surface area contributed by atoms with Gasteiger partial charge in [0.1, 0.15) is 0 Å². The van der Waals surface area contributed by atoms with Crippen molar-refractivity contribution in [2.24, 2.45) is 0 Å². The van der Waals surface area contributed by atoms with Gasteiger partial charge in [0.15, 0.2) is 23.1 Å². The van der Waals surface area contributed by atoms with Gasteiger partial charge >= 0.3 is 0 Å². The number of hydrogen-bond acceptors (Lipinski definition) is 2. The quantitative estimate of drug-likeness (QED) is 0.631. The second kappa shape index (κ2) is 4.77. The zero-order valence-corrected chi connectivity index (χ0v) is 9.89. The Kier molecular flexibility index (Phi) is 3.91. The highest BCUT2D eigenvalue weighted by molar-refractivity contribution is 14.1. The minimum absolute atomic E-state index is 0.00940. The normalized spacial score (nSPS) is 10.1. The largest absolute Gasteiger partial charge is 0.493 e. The molecule has 5 heteroatoms. The average molecular weight is 314 g/mol. The number of methoxy groups -OCH3 is 1. The van der Waals surface area contributed by atoms with Crippen molar-refractivity contribution in [3.63, 3.8) is 0 Å². The molecule has 0 aliphatic heterocycles. The Bertz CT molecular complexity index is 342. The fraction of sp³-hybridized carbons (Fsp3) is 0.333. The molecular formula is C9H9F2IO2. The van der Waals surface area contributed by atoms with Gasteiger partial charge in [0.25, 0.3) is 0 Å². The van der Waals surface area contributed by atoms with E-state index in [1.165, 1.54) is 13.2 Å². The first-order valence-electron chi connectivity index (χ1n) is 3.96. The summed E-state index contributed by atoms with van der Waals surface area (Å²) in [7, 11) is 1.32. The van der Waals surface area contributed by atoms with Crippen molar-refractivity contribution in [2.45, 2.75) is 6.92 Å². The Labute approximate surface area is 94.3 Å². The molecule has 0 amide bonds. The van der Waals surface area contributed by atoms with Crippen LogP contribution in [0.2, 0.25) is 0 Å². The minimum atomic E-state index is -0.700. The molecule has 0 saturated heterocycles. The highest BCUT2D eigenvalue weighted by Gasteiger charge is 2.17. The summed E-state index contributed by atoms with van der Waals surface area (Å²) in [5.74, 6) is -1.39. The van der Waals surface area contributed by atoms with E-state index < -0.39 is 11.6 Å². The Hall–Kier alpha value is -0.590. The fourth-order valence-electron chi connectivity index (χ4n) is 0.968. The third kappa shape index (κ3) is 2.08. The molecule has 1 aromatic rings. The molecule has 0 aliphatic rings. The van der Waals surface area contributed by atoms with Crippen molar-refractivity contribution in [1.82, 2.24) is 0 Å². The summed E-state index contributed by atoms with van der Waals surface area (Å²) in [6, 6.07) is 1.20. The maximum Gasteiger partial charge on any atom is 0.181 e. The second-order valence-electron chi connectivity index (χ2n) is 2.45. The lowest BCUT2D eigenvalue weighted by molar-refractivity contribution is 0.311. The molecule has 2 nitrogen and oxygen atoms in total. The molecule has 0 N–H and O–H groups in total. The van der Waals surface area contributed by atoms with Gasteiger partial charge in [-0.25, -0.2) is 8.78 Å². The Balaban J connectivity index is 3.25. The smallest absolute Gasteiger partial charge is 0.181 e. The molecule has 0 heterocycles. The van der Waals surface area contributed by atoms with Crippen LogP contribution < -0.4 is 9.47 Å². The number of halogens is 3. The summed E-state index contributed by atoms with van der Waals surface area (Å²) in [6.07, 6.45) is 0. The molecule has 0 aromatic heterocycles. The van der Waals surface area contributed by atoms with Crippen LogP contribution in [0.15, 0.2) is 6.07 Å². The molecule has 0 fully saturated rings. The average Bonchev–Trinajstić information content (AvgIpc) is 2.19. The first-order valence-corrected chi connectivity index (χ1v) is 5.04. The van der Waals surface area contributed by atoms with E-state index in [0.717, 1.165) is 0 Å². The Morgan fingerprint density at radius 3 is 2.36 bits per heavy atom. The van der Waals surface area contributed by atoms with Gasteiger partial charge in [-0.05, 0) is 29.5 Å². The Morgan fingerprint density at radius 2 is 1.86 bits per heavy atom. The predicted molar refractivity (Wildman–Crippen MR) is 56.8 cm³/mol. The van der Waals surface area contributed by atoms with Crippen LogP contribution in [-0.2, 0) is 0 Å². The summed E-state index contributed by atoms with van der Waals surface area (Å²) in [6.45, 7) is 2.05. The highest BCUT2D eigenvalue weighted by atomic mass is 127. The van der Waals surface area contributed by atoms with E-state index in [1.54, 1.807) is 29.5 Å². The Morgan fingerprint density at radius 1 is 1.29 bits per heavy atom. The molecule has 0 spiro atoms. The van der Waals surface area contributed by atoms with E-state index >= 15 is 0 Å². The maximum atomic E-state index is 13.3. The van der Waals surface area contributed by atoms with Crippen LogP contribution >= 0.6 is 22.6 Å². The molecular weight excluding hydrogens is 305 g/mol. The number of hydrogen-bond donors (Lipinski definition) is 0. The fourth-order valence-corrected chi connectivity index (χ4v) is 1.50. The standard InChI is InChI=1S/C9H9F2IO2/c1-3-14-6-4-5(13-2)7(10)9(12)8(6)11/h4H,3H2,1-2H3. The lowest BCUT2D eigenvalue weighted by atomic mass is 10.3. The van der Waals surface area contributed by atoms with Crippen LogP contribution in [0.3, 0.4) is 0 Å². The van der Waals surface area contributed by atoms with Crippen LogP contribution in [0.1, 0.15) is 6.92 Å². The molecule has 0 aliphatic carbocycles. The first-order chi connectivity index (χ1) is 6.61. The molecule has 0 saturated carbocycles. The number of ether oxygens (including phenoxy) is 2. The SMILES string of the molecule is CCOc1cc(OC)c(F)c(I)c1F. The highest BCUT2D eigenvalue weighted by Crippen LogP contribution is 2.32. The third-order valence-electron chi connectivity index (χ3n) is 1.60. The molecule has 1 aromatic carbocycles. The van der Waals surface area contributed by atoms with Gasteiger partial charge in [0.05, 0.1) is 17.3 Å². The molecule has 14 heavy (non-hydrogen) atoms. The van der Waals surface area contributed by atoms with E-state index in [9.17, 15) is 8.78 Å². The summed E-state index contributed by atoms with van der Waals surface area (Å²) < 4.78 is 36.2. The molecule has 0 unspecified atom stereocenters. The first kappa shape index (κ1) is 11.5. The number of benzene rings is 1. The topological polar surface area (TPSA) is 18.5 Å². The summed E-state index contributed by atoms with van der Waals surface area (Å²) in [5, 5.41) is 0. The van der Waals surface area contributed by atoms with Gasteiger partial charge in [0, 0.05) is 6.07 Å². The van der Waals surface area contributed by atoms with Crippen LogP contribution in [0.4, 0.5) is 8.78 Å². The van der Waals surface area contributed by atoms with E-state index in [-0.39, 0.29) is 15.1 Å². The lowest BCUT2D eigenvalue weighted by Crippen LogP contribution is -2.01. The van der Waals surface area contributed by atoms with Crippen LogP contribution in [-0.4, -0.2) is 13.7 Å². The van der Waals surface area contributed by atoms with Gasteiger partial charge in [-0.1, -0.05) is 0 Å². The van der Waals surface area contributed by atoms with Crippen LogP contribution in [0, 0.1) is 15.2 Å². The van der Waals surface area contributed by atoms with Gasteiger partial charge in [0.2, 0.25) is 0 Å². The van der Waals surface area contributed by atoms with E-state index in [0.29, 0.717) is 6.61 Å². The van der Waals surface area contributed by atoms with Crippen LogP contribution in [0.25, 0.3) is 0 Å². The minimum Gasteiger partial charge on any atom is -0.493 e. The van der Waals surface area contributed by atoms with Crippen molar-refractivity contribution < 1.29 is 18.3 Å². The molecule has 78 valence electrons. The zero-order valence-electron chi connectivity index (χ0n) is 7.73.